The van der Waals surface area contributed by atoms with E-state index >= 15 is 0 Å². The number of ketones is 1. The van der Waals surface area contributed by atoms with Crippen LogP contribution in [0.15, 0.2) is 66.2 Å². The van der Waals surface area contributed by atoms with Crippen LogP contribution in [0.5, 0.6) is 0 Å². The molecule has 0 saturated carbocycles. The van der Waals surface area contributed by atoms with Crippen LogP contribution in [0.1, 0.15) is 82.3 Å². The Morgan fingerprint density at radius 1 is 0.793 bits per heavy atom. The summed E-state index contributed by atoms with van der Waals surface area (Å²) in [5, 5.41) is 11.7. The predicted octanol–water partition coefficient (Wildman–Crippen LogP) is 6.83. The minimum absolute atomic E-state index is 0.0955. The van der Waals surface area contributed by atoms with E-state index in [0.717, 1.165) is 41.5 Å². The van der Waals surface area contributed by atoms with Crippen LogP contribution in [0, 0.1) is 0 Å². The molecule has 0 spiro atoms. The number of carbonyl (C=O) groups is 1. The Morgan fingerprint density at radius 3 is 1.97 bits per heavy atom. The van der Waals surface area contributed by atoms with Crippen LogP contribution in [-0.4, -0.2) is 10.9 Å². The molecular weight excluding hydrogens is 356 g/mol. The number of aliphatic hydroxyl groups is 1. The van der Waals surface area contributed by atoms with E-state index in [2.05, 4.69) is 6.92 Å². The number of hydrogen-bond acceptors (Lipinski definition) is 2. The van der Waals surface area contributed by atoms with Crippen LogP contribution in [0.25, 0.3) is 5.57 Å². The highest BCUT2D eigenvalue weighted by Crippen LogP contribution is 2.48. The van der Waals surface area contributed by atoms with Crippen molar-refractivity contribution in [2.45, 2.75) is 76.7 Å². The molecule has 0 fully saturated rings. The van der Waals surface area contributed by atoms with Gasteiger partial charge in [0.05, 0.1) is 0 Å². The van der Waals surface area contributed by atoms with Crippen molar-refractivity contribution in [2.75, 3.05) is 0 Å². The summed E-state index contributed by atoms with van der Waals surface area (Å²) in [6.07, 6.45) is 10.8. The predicted molar refractivity (Wildman–Crippen MR) is 121 cm³/mol. The minimum atomic E-state index is -1.23. The number of unbranched alkanes of at least 4 members (excludes halogenated alkanes) is 7. The first-order chi connectivity index (χ1) is 14.2. The van der Waals surface area contributed by atoms with Crippen molar-refractivity contribution < 1.29 is 9.90 Å². The quantitative estimate of drug-likeness (QED) is 0.427. The fourth-order valence-electron chi connectivity index (χ4n) is 4.49. The summed E-state index contributed by atoms with van der Waals surface area (Å²) in [5.41, 5.74) is 2.18. The topological polar surface area (TPSA) is 37.3 Å². The minimum Gasteiger partial charge on any atom is -0.380 e. The number of rotatable bonds is 11. The molecule has 0 radical (unpaired) electrons. The molecule has 0 aliphatic heterocycles. The van der Waals surface area contributed by atoms with E-state index in [-0.39, 0.29) is 12.2 Å². The third-order valence-electron chi connectivity index (χ3n) is 6.06. The zero-order chi connectivity index (χ0) is 20.5. The van der Waals surface area contributed by atoms with Crippen LogP contribution < -0.4 is 0 Å². The Bertz CT molecular complexity index is 807. The Labute approximate surface area is 175 Å². The van der Waals surface area contributed by atoms with Crippen LogP contribution in [0.2, 0.25) is 0 Å². The van der Waals surface area contributed by atoms with Gasteiger partial charge in [-0.05, 0) is 24.0 Å². The van der Waals surface area contributed by atoms with Gasteiger partial charge in [0.15, 0.2) is 5.78 Å². The first-order valence-electron chi connectivity index (χ1n) is 11.3. The lowest BCUT2D eigenvalue weighted by atomic mass is 9.83. The lowest BCUT2D eigenvalue weighted by molar-refractivity contribution is -0.117. The van der Waals surface area contributed by atoms with Crippen molar-refractivity contribution in [1.29, 1.82) is 0 Å². The Kier molecular flexibility index (Phi) is 7.83. The highest BCUT2D eigenvalue weighted by molar-refractivity contribution is 6.10. The smallest absolute Gasteiger partial charge is 0.162 e. The second-order valence-corrected chi connectivity index (χ2v) is 8.27. The second-order valence-electron chi connectivity index (χ2n) is 8.27. The van der Waals surface area contributed by atoms with Crippen LogP contribution >= 0.6 is 0 Å². The average Bonchev–Trinajstić information content (AvgIpc) is 3.02. The molecule has 2 nitrogen and oxygen atoms in total. The average molecular weight is 391 g/mol. The van der Waals surface area contributed by atoms with E-state index in [0.29, 0.717) is 0 Å². The van der Waals surface area contributed by atoms with Gasteiger partial charge in [0, 0.05) is 17.6 Å². The van der Waals surface area contributed by atoms with Gasteiger partial charge < -0.3 is 5.11 Å². The summed E-state index contributed by atoms with van der Waals surface area (Å²) in [6.45, 7) is 2.24. The Balaban J connectivity index is 1.76. The van der Waals surface area contributed by atoms with Crippen molar-refractivity contribution in [3.05, 3.63) is 77.4 Å². The number of allylic oxidation sites excluding steroid dienone is 1. The van der Waals surface area contributed by atoms with Gasteiger partial charge in [0.25, 0.3) is 0 Å². The van der Waals surface area contributed by atoms with Crippen molar-refractivity contribution in [1.82, 2.24) is 0 Å². The monoisotopic (exact) mass is 390 g/mol. The number of benzene rings is 2. The molecule has 1 unspecified atom stereocenters. The maximum absolute atomic E-state index is 13.0. The van der Waals surface area contributed by atoms with Gasteiger partial charge in [0.2, 0.25) is 0 Å². The summed E-state index contributed by atoms with van der Waals surface area (Å²) in [5.74, 6) is 0.0955. The van der Waals surface area contributed by atoms with Gasteiger partial charge in [0.1, 0.15) is 5.60 Å². The molecule has 29 heavy (non-hydrogen) atoms. The summed E-state index contributed by atoms with van der Waals surface area (Å²) < 4.78 is 0. The van der Waals surface area contributed by atoms with Gasteiger partial charge in [-0.2, -0.15) is 0 Å². The van der Waals surface area contributed by atoms with E-state index in [4.69, 9.17) is 0 Å². The highest BCUT2D eigenvalue weighted by Gasteiger charge is 2.45. The summed E-state index contributed by atoms with van der Waals surface area (Å²) >= 11 is 0. The number of hydrogen-bond donors (Lipinski definition) is 1. The van der Waals surface area contributed by atoms with E-state index < -0.39 is 5.60 Å². The lowest BCUT2D eigenvalue weighted by Crippen LogP contribution is -2.25. The van der Waals surface area contributed by atoms with Gasteiger partial charge in [-0.1, -0.05) is 113 Å². The van der Waals surface area contributed by atoms with Crippen LogP contribution in [0.3, 0.4) is 0 Å². The molecule has 1 aliphatic rings. The maximum Gasteiger partial charge on any atom is 0.162 e. The van der Waals surface area contributed by atoms with Crippen molar-refractivity contribution in [3.8, 4) is 0 Å². The van der Waals surface area contributed by atoms with Gasteiger partial charge in [-0.3, -0.25) is 4.79 Å². The molecule has 0 saturated heterocycles. The van der Waals surface area contributed by atoms with Crippen molar-refractivity contribution in [3.63, 3.8) is 0 Å². The summed E-state index contributed by atoms with van der Waals surface area (Å²) in [4.78, 5) is 13.0. The second kappa shape index (κ2) is 10.5. The lowest BCUT2D eigenvalue weighted by Gasteiger charge is -2.27. The normalized spacial score (nSPS) is 19.2. The van der Waals surface area contributed by atoms with E-state index in [1.807, 2.05) is 60.7 Å². The molecule has 2 heteroatoms. The molecule has 2 aromatic rings. The highest BCUT2D eigenvalue weighted by atomic mass is 16.3. The van der Waals surface area contributed by atoms with Gasteiger partial charge >= 0.3 is 0 Å². The molecule has 0 aromatic heterocycles. The molecule has 1 aliphatic carbocycles. The SMILES string of the molecule is CCCCCCCCCCC1=C(c2ccccc2)C(O)(c2ccccc2)CC1=O. The fraction of sp³-hybridized carbons (Fsp3) is 0.444. The number of carbonyl (C=O) groups excluding carboxylic acids is 1. The van der Waals surface area contributed by atoms with Crippen molar-refractivity contribution in [2.24, 2.45) is 0 Å². The summed E-state index contributed by atoms with van der Waals surface area (Å²) in [6, 6.07) is 19.6. The third-order valence-corrected chi connectivity index (χ3v) is 6.06. The van der Waals surface area contributed by atoms with Gasteiger partial charge in [-0.15, -0.1) is 0 Å². The zero-order valence-corrected chi connectivity index (χ0v) is 17.7. The first-order valence-corrected chi connectivity index (χ1v) is 11.3. The Morgan fingerprint density at radius 2 is 1.34 bits per heavy atom. The van der Waals surface area contributed by atoms with Crippen molar-refractivity contribution >= 4 is 11.4 Å². The fourth-order valence-corrected chi connectivity index (χ4v) is 4.49. The standard InChI is InChI=1S/C27H34O2/c1-2-3-4-5-6-7-8-15-20-24-25(28)21-27(29,23-18-13-10-14-19-23)26(24)22-16-11-9-12-17-22/h9-14,16-19,29H,2-8,15,20-21H2,1H3. The molecule has 0 heterocycles. The molecule has 1 atom stereocenters. The molecule has 154 valence electrons. The van der Waals surface area contributed by atoms with Gasteiger partial charge in [-0.25, -0.2) is 0 Å². The summed E-state index contributed by atoms with van der Waals surface area (Å²) in [7, 11) is 0. The molecule has 0 bridgehead atoms. The first kappa shape index (κ1) is 21.5. The third kappa shape index (κ3) is 5.25. The van der Waals surface area contributed by atoms with Crippen LogP contribution in [0.4, 0.5) is 0 Å². The zero-order valence-electron chi connectivity index (χ0n) is 17.7. The molecular formula is C27H34O2. The van der Waals surface area contributed by atoms with E-state index in [1.165, 1.54) is 38.5 Å². The molecule has 3 rings (SSSR count). The molecule has 0 amide bonds. The maximum atomic E-state index is 13.0. The number of Topliss-reactive ketones (excluding diaryl/α,β-unsaturated/α-hetero) is 1. The molecule has 1 N–H and O–H groups in total. The van der Waals surface area contributed by atoms with Crippen LogP contribution in [-0.2, 0) is 10.4 Å². The molecule has 2 aromatic carbocycles. The van der Waals surface area contributed by atoms with E-state index in [1.54, 1.807) is 0 Å². The Hall–Kier alpha value is -2.19. The van der Waals surface area contributed by atoms with E-state index in [9.17, 15) is 9.90 Å². The largest absolute Gasteiger partial charge is 0.380 e.